The third-order valence-electron chi connectivity index (χ3n) is 1.63. The molecule has 0 saturated carbocycles. The van der Waals surface area contributed by atoms with Crippen molar-refractivity contribution in [2.45, 2.75) is 6.54 Å². The zero-order valence-corrected chi connectivity index (χ0v) is 8.12. The van der Waals surface area contributed by atoms with E-state index < -0.39 is 12.6 Å². The molecule has 0 saturated heterocycles. The Morgan fingerprint density at radius 1 is 1.57 bits per heavy atom. The van der Waals surface area contributed by atoms with Gasteiger partial charge in [0, 0.05) is 17.1 Å². The molecule has 3 N–H and O–H groups in total. The minimum absolute atomic E-state index is 0.217. The van der Waals surface area contributed by atoms with E-state index in [1.54, 1.807) is 18.2 Å². The predicted molar refractivity (Wildman–Crippen MR) is 52.5 cm³/mol. The minimum atomic E-state index is -1.03. The molecule has 4 nitrogen and oxygen atoms in total. The van der Waals surface area contributed by atoms with Gasteiger partial charge in [0.25, 0.3) is 0 Å². The van der Waals surface area contributed by atoms with Crippen LogP contribution in [0.4, 0.5) is 0 Å². The van der Waals surface area contributed by atoms with Gasteiger partial charge in [0.15, 0.2) is 6.61 Å². The minimum Gasteiger partial charge on any atom is -0.482 e. The first kappa shape index (κ1) is 10.8. The van der Waals surface area contributed by atoms with Crippen molar-refractivity contribution in [1.82, 2.24) is 0 Å². The van der Waals surface area contributed by atoms with Crippen LogP contribution in [0.1, 0.15) is 5.56 Å². The van der Waals surface area contributed by atoms with Crippen LogP contribution in [0.15, 0.2) is 18.2 Å². The van der Waals surface area contributed by atoms with Crippen molar-refractivity contribution >= 4 is 17.6 Å². The fourth-order valence-electron chi connectivity index (χ4n) is 1.01. The molecule has 0 amide bonds. The number of halogens is 1. The maximum atomic E-state index is 10.3. The summed E-state index contributed by atoms with van der Waals surface area (Å²) in [6, 6.07) is 4.99. The summed E-state index contributed by atoms with van der Waals surface area (Å²) in [6.45, 7) is -0.179. The number of benzene rings is 1. The molecule has 0 atom stereocenters. The highest BCUT2D eigenvalue weighted by molar-refractivity contribution is 6.31. The largest absolute Gasteiger partial charge is 0.482 e. The average Bonchev–Trinajstić information content (AvgIpc) is 2.14. The molecule has 76 valence electrons. The summed E-state index contributed by atoms with van der Waals surface area (Å²) in [7, 11) is 0. The number of carboxylic acids is 1. The van der Waals surface area contributed by atoms with E-state index in [9.17, 15) is 4.79 Å². The van der Waals surface area contributed by atoms with E-state index >= 15 is 0 Å². The van der Waals surface area contributed by atoms with Crippen LogP contribution >= 0.6 is 11.6 Å². The Morgan fingerprint density at radius 3 is 2.86 bits per heavy atom. The SMILES string of the molecule is NCc1c(Cl)cccc1OCC(=O)O. The average molecular weight is 216 g/mol. The Balaban J connectivity index is 2.85. The van der Waals surface area contributed by atoms with E-state index in [4.69, 9.17) is 27.2 Å². The van der Waals surface area contributed by atoms with Crippen molar-refractivity contribution in [3.8, 4) is 5.75 Å². The molecule has 0 unspecified atom stereocenters. The summed E-state index contributed by atoms with van der Waals surface area (Å²) in [5, 5.41) is 8.90. The van der Waals surface area contributed by atoms with Crippen LogP contribution in [-0.2, 0) is 11.3 Å². The zero-order valence-electron chi connectivity index (χ0n) is 7.37. The molecule has 0 radical (unpaired) electrons. The maximum absolute atomic E-state index is 10.3. The number of nitrogens with two attached hydrogens (primary N) is 1. The van der Waals surface area contributed by atoms with Crippen molar-refractivity contribution in [3.05, 3.63) is 28.8 Å². The second-order valence-corrected chi connectivity index (χ2v) is 3.01. The summed E-state index contributed by atoms with van der Waals surface area (Å²) in [5.74, 6) is -0.615. The first-order valence-corrected chi connectivity index (χ1v) is 4.35. The van der Waals surface area contributed by atoms with Gasteiger partial charge in [-0.15, -0.1) is 0 Å². The molecule has 0 heterocycles. The summed E-state index contributed by atoms with van der Waals surface area (Å²) < 4.78 is 5.01. The van der Waals surface area contributed by atoms with Crippen LogP contribution in [0.5, 0.6) is 5.75 Å². The van der Waals surface area contributed by atoms with Crippen LogP contribution in [0, 0.1) is 0 Å². The molecule has 14 heavy (non-hydrogen) atoms. The van der Waals surface area contributed by atoms with E-state index in [-0.39, 0.29) is 6.54 Å². The van der Waals surface area contributed by atoms with Crippen molar-refractivity contribution in [2.24, 2.45) is 5.73 Å². The van der Waals surface area contributed by atoms with E-state index in [1.807, 2.05) is 0 Å². The lowest BCUT2D eigenvalue weighted by Gasteiger charge is -2.09. The lowest BCUT2D eigenvalue weighted by molar-refractivity contribution is -0.139. The quantitative estimate of drug-likeness (QED) is 0.793. The number of rotatable bonds is 4. The summed E-state index contributed by atoms with van der Waals surface area (Å²) >= 11 is 5.84. The smallest absolute Gasteiger partial charge is 0.341 e. The molecular formula is C9H10ClNO3. The van der Waals surface area contributed by atoms with Gasteiger partial charge in [-0.1, -0.05) is 17.7 Å². The molecule has 0 aliphatic carbocycles. The van der Waals surface area contributed by atoms with Crippen LogP contribution in [0.2, 0.25) is 5.02 Å². The molecule has 0 aliphatic heterocycles. The van der Waals surface area contributed by atoms with Crippen LogP contribution in [-0.4, -0.2) is 17.7 Å². The molecule has 0 aliphatic rings. The zero-order chi connectivity index (χ0) is 10.6. The molecule has 5 heteroatoms. The fraction of sp³-hybridized carbons (Fsp3) is 0.222. The number of ether oxygens (including phenoxy) is 1. The molecule has 0 bridgehead atoms. The highest BCUT2D eigenvalue weighted by atomic mass is 35.5. The Hall–Kier alpha value is -1.26. The second-order valence-electron chi connectivity index (χ2n) is 2.60. The summed E-state index contributed by atoms with van der Waals surface area (Å²) in [6.07, 6.45) is 0. The molecular weight excluding hydrogens is 206 g/mol. The summed E-state index contributed by atoms with van der Waals surface area (Å²) in [5.41, 5.74) is 6.07. The van der Waals surface area contributed by atoms with Gasteiger partial charge < -0.3 is 15.6 Å². The standard InChI is InChI=1S/C9H10ClNO3/c10-7-2-1-3-8(6(7)4-11)14-5-9(12)13/h1-3H,4-5,11H2,(H,12,13). The van der Waals surface area contributed by atoms with Crippen LogP contribution in [0.3, 0.4) is 0 Å². The number of carbonyl (C=O) groups is 1. The van der Waals surface area contributed by atoms with Crippen LogP contribution < -0.4 is 10.5 Å². The second kappa shape index (κ2) is 4.83. The Labute approximate surface area is 86.2 Å². The Morgan fingerprint density at radius 2 is 2.29 bits per heavy atom. The highest BCUT2D eigenvalue weighted by Crippen LogP contribution is 2.25. The number of carboxylic acid groups (broad SMARTS) is 1. The van der Waals surface area contributed by atoms with Gasteiger partial charge in [-0.3, -0.25) is 0 Å². The number of aliphatic carboxylic acids is 1. The van der Waals surface area contributed by atoms with Gasteiger partial charge in [-0.05, 0) is 12.1 Å². The molecule has 0 aromatic heterocycles. The Kier molecular flexibility index (Phi) is 3.73. The molecule has 1 aromatic carbocycles. The van der Waals surface area contributed by atoms with E-state index in [0.29, 0.717) is 16.3 Å². The molecule has 0 spiro atoms. The summed E-state index contributed by atoms with van der Waals surface area (Å²) in [4.78, 5) is 10.3. The molecule has 1 rings (SSSR count). The third-order valence-corrected chi connectivity index (χ3v) is 1.99. The fourth-order valence-corrected chi connectivity index (χ4v) is 1.25. The van der Waals surface area contributed by atoms with Crippen LogP contribution in [0.25, 0.3) is 0 Å². The van der Waals surface area contributed by atoms with Gasteiger partial charge in [0.05, 0.1) is 0 Å². The van der Waals surface area contributed by atoms with Gasteiger partial charge in [-0.25, -0.2) is 4.79 Å². The van der Waals surface area contributed by atoms with E-state index in [2.05, 4.69) is 0 Å². The number of hydrogen-bond donors (Lipinski definition) is 2. The highest BCUT2D eigenvalue weighted by Gasteiger charge is 2.07. The van der Waals surface area contributed by atoms with E-state index in [1.165, 1.54) is 0 Å². The first-order chi connectivity index (χ1) is 6.65. The predicted octanol–water partition coefficient (Wildman–Crippen LogP) is 1.26. The Bertz CT molecular complexity index is 341. The maximum Gasteiger partial charge on any atom is 0.341 e. The van der Waals surface area contributed by atoms with Crippen molar-refractivity contribution in [3.63, 3.8) is 0 Å². The normalized spacial score (nSPS) is 9.86. The van der Waals surface area contributed by atoms with Crippen molar-refractivity contribution in [1.29, 1.82) is 0 Å². The lowest BCUT2D eigenvalue weighted by atomic mass is 10.2. The van der Waals surface area contributed by atoms with E-state index in [0.717, 1.165) is 0 Å². The van der Waals surface area contributed by atoms with Gasteiger partial charge in [0.2, 0.25) is 0 Å². The molecule has 1 aromatic rings. The van der Waals surface area contributed by atoms with Gasteiger partial charge >= 0.3 is 5.97 Å². The van der Waals surface area contributed by atoms with Crippen molar-refractivity contribution in [2.75, 3.05) is 6.61 Å². The third kappa shape index (κ3) is 2.61. The van der Waals surface area contributed by atoms with Gasteiger partial charge in [-0.2, -0.15) is 0 Å². The van der Waals surface area contributed by atoms with Crippen molar-refractivity contribution < 1.29 is 14.6 Å². The lowest BCUT2D eigenvalue weighted by Crippen LogP contribution is -2.11. The number of hydrogen-bond acceptors (Lipinski definition) is 3. The molecule has 0 fully saturated rings. The first-order valence-electron chi connectivity index (χ1n) is 3.97. The van der Waals surface area contributed by atoms with Gasteiger partial charge in [0.1, 0.15) is 5.75 Å². The topological polar surface area (TPSA) is 72.5 Å². The monoisotopic (exact) mass is 215 g/mol.